The third kappa shape index (κ3) is 3.21. The molecule has 0 unspecified atom stereocenters. The minimum Gasteiger partial charge on any atom is -0.338 e. The van der Waals surface area contributed by atoms with Crippen molar-refractivity contribution in [2.24, 2.45) is 0 Å². The molecule has 0 amide bonds. The summed E-state index contributed by atoms with van der Waals surface area (Å²) in [5.74, 6) is 1.57. The summed E-state index contributed by atoms with van der Waals surface area (Å²) >= 11 is 6.99. The van der Waals surface area contributed by atoms with E-state index in [-0.39, 0.29) is 0 Å². The fourth-order valence-electron chi connectivity index (χ4n) is 2.26. The first-order chi connectivity index (χ1) is 9.72. The summed E-state index contributed by atoms with van der Waals surface area (Å²) in [5.41, 5.74) is 1.01. The summed E-state index contributed by atoms with van der Waals surface area (Å²) in [5, 5.41) is 10.8. The minimum atomic E-state index is 0.778. The van der Waals surface area contributed by atoms with Crippen LogP contribution in [-0.4, -0.2) is 41.4 Å². The highest BCUT2D eigenvalue weighted by Gasteiger charge is 2.15. The van der Waals surface area contributed by atoms with Gasteiger partial charge in [0, 0.05) is 34.1 Å². The van der Waals surface area contributed by atoms with Crippen LogP contribution < -0.4 is 10.2 Å². The van der Waals surface area contributed by atoms with Crippen LogP contribution in [0, 0.1) is 0 Å². The number of aromatic amines is 1. The molecule has 106 valence electrons. The molecular weight excluding hydrogens is 386 g/mol. The average Bonchev–Trinajstić information content (AvgIpc) is 2.74. The highest BCUT2D eigenvalue weighted by atomic mass is 79.9. The van der Waals surface area contributed by atoms with Gasteiger partial charge in [-0.05, 0) is 31.2 Å². The summed E-state index contributed by atoms with van der Waals surface area (Å²) in [6.45, 7) is 3.98. The average molecular weight is 401 g/mol. The van der Waals surface area contributed by atoms with Crippen LogP contribution in [0.4, 0.5) is 5.95 Å². The molecule has 1 aliphatic heterocycles. The van der Waals surface area contributed by atoms with Crippen molar-refractivity contribution < 1.29 is 0 Å². The van der Waals surface area contributed by atoms with Gasteiger partial charge >= 0.3 is 0 Å². The molecule has 1 aromatic heterocycles. The molecule has 20 heavy (non-hydrogen) atoms. The van der Waals surface area contributed by atoms with E-state index in [0.717, 1.165) is 58.9 Å². The van der Waals surface area contributed by atoms with E-state index in [9.17, 15) is 0 Å². The van der Waals surface area contributed by atoms with E-state index in [1.165, 1.54) is 0 Å². The highest BCUT2D eigenvalue weighted by molar-refractivity contribution is 9.11. The molecule has 0 bridgehead atoms. The van der Waals surface area contributed by atoms with Crippen molar-refractivity contribution in [1.29, 1.82) is 0 Å². The largest absolute Gasteiger partial charge is 0.338 e. The van der Waals surface area contributed by atoms with E-state index in [1.807, 2.05) is 18.2 Å². The lowest BCUT2D eigenvalue weighted by molar-refractivity contribution is 0.724. The first kappa shape index (κ1) is 14.0. The Hall–Kier alpha value is -0.920. The third-order valence-electron chi connectivity index (χ3n) is 3.23. The molecule has 0 aliphatic carbocycles. The maximum atomic E-state index is 4.62. The smallest absolute Gasteiger partial charge is 0.245 e. The highest BCUT2D eigenvalue weighted by Crippen LogP contribution is 2.26. The number of hydrogen-bond acceptors (Lipinski definition) is 4. The van der Waals surface area contributed by atoms with Crippen molar-refractivity contribution in [2.75, 3.05) is 31.1 Å². The molecule has 0 radical (unpaired) electrons. The second-order valence-electron chi connectivity index (χ2n) is 4.73. The number of rotatable bonds is 2. The molecule has 2 aromatic rings. The maximum Gasteiger partial charge on any atom is 0.245 e. The quantitative estimate of drug-likeness (QED) is 0.813. The Morgan fingerprint density at radius 1 is 1.05 bits per heavy atom. The van der Waals surface area contributed by atoms with Gasteiger partial charge < -0.3 is 10.2 Å². The SMILES string of the molecule is Brc1cc(Br)cc(-c2nc(N3CCCNCC3)n[nH]2)c1. The number of nitrogens with one attached hydrogen (secondary N) is 2. The monoisotopic (exact) mass is 399 g/mol. The van der Waals surface area contributed by atoms with Crippen LogP contribution in [0.15, 0.2) is 27.1 Å². The normalized spacial score (nSPS) is 16.2. The Morgan fingerprint density at radius 2 is 1.85 bits per heavy atom. The van der Waals surface area contributed by atoms with E-state index in [2.05, 4.69) is 57.3 Å². The Balaban J connectivity index is 1.85. The number of hydrogen-bond donors (Lipinski definition) is 2. The van der Waals surface area contributed by atoms with Crippen LogP contribution in [0.2, 0.25) is 0 Å². The molecule has 7 heteroatoms. The second-order valence-corrected chi connectivity index (χ2v) is 6.56. The predicted molar refractivity (Wildman–Crippen MR) is 86.9 cm³/mol. The second kappa shape index (κ2) is 6.24. The fraction of sp³-hybridized carbons (Fsp3) is 0.385. The van der Waals surface area contributed by atoms with Crippen molar-refractivity contribution in [3.05, 3.63) is 27.1 Å². The minimum absolute atomic E-state index is 0.778. The van der Waals surface area contributed by atoms with Gasteiger partial charge in [0.2, 0.25) is 5.95 Å². The van der Waals surface area contributed by atoms with E-state index in [1.54, 1.807) is 0 Å². The number of benzene rings is 1. The Kier molecular flexibility index (Phi) is 4.38. The summed E-state index contributed by atoms with van der Waals surface area (Å²) in [7, 11) is 0. The molecule has 2 heterocycles. The zero-order valence-corrected chi connectivity index (χ0v) is 14.0. The van der Waals surface area contributed by atoms with Crippen LogP contribution in [-0.2, 0) is 0 Å². The Labute approximate surface area is 134 Å². The van der Waals surface area contributed by atoms with Crippen molar-refractivity contribution in [2.45, 2.75) is 6.42 Å². The number of halogens is 2. The van der Waals surface area contributed by atoms with Crippen molar-refractivity contribution in [3.63, 3.8) is 0 Å². The van der Waals surface area contributed by atoms with Crippen molar-refractivity contribution in [1.82, 2.24) is 20.5 Å². The molecular formula is C13H15Br2N5. The van der Waals surface area contributed by atoms with E-state index < -0.39 is 0 Å². The summed E-state index contributed by atoms with van der Waals surface area (Å²) in [6, 6.07) is 6.05. The van der Waals surface area contributed by atoms with Crippen LogP contribution in [0.3, 0.4) is 0 Å². The number of nitrogens with zero attached hydrogens (tertiary/aromatic N) is 3. The van der Waals surface area contributed by atoms with Gasteiger partial charge in [0.25, 0.3) is 0 Å². The maximum absolute atomic E-state index is 4.62. The van der Waals surface area contributed by atoms with Crippen LogP contribution in [0.25, 0.3) is 11.4 Å². The van der Waals surface area contributed by atoms with Gasteiger partial charge in [0.1, 0.15) is 0 Å². The molecule has 0 saturated carbocycles. The van der Waals surface area contributed by atoms with Crippen molar-refractivity contribution >= 4 is 37.8 Å². The molecule has 1 aromatic carbocycles. The van der Waals surface area contributed by atoms with Gasteiger partial charge in [0.05, 0.1) is 0 Å². The Morgan fingerprint density at radius 3 is 2.65 bits per heavy atom. The van der Waals surface area contributed by atoms with E-state index in [4.69, 9.17) is 0 Å². The summed E-state index contributed by atoms with van der Waals surface area (Å²) in [4.78, 5) is 6.83. The lowest BCUT2D eigenvalue weighted by atomic mass is 10.2. The summed E-state index contributed by atoms with van der Waals surface area (Å²) in [6.07, 6.45) is 1.12. The lowest BCUT2D eigenvalue weighted by Crippen LogP contribution is -2.28. The number of aromatic nitrogens is 3. The fourth-order valence-corrected chi connectivity index (χ4v) is 3.55. The van der Waals surface area contributed by atoms with E-state index >= 15 is 0 Å². The standard InChI is InChI=1S/C13H15Br2N5/c14-10-6-9(7-11(15)8-10)12-17-13(19-18-12)20-4-1-2-16-3-5-20/h6-8,16H,1-5H2,(H,17,18,19). The summed E-state index contributed by atoms with van der Waals surface area (Å²) < 4.78 is 2.03. The van der Waals surface area contributed by atoms with Crippen LogP contribution in [0.1, 0.15) is 6.42 Å². The molecule has 1 aliphatic rings. The zero-order valence-electron chi connectivity index (χ0n) is 10.9. The zero-order chi connectivity index (χ0) is 13.9. The lowest BCUT2D eigenvalue weighted by Gasteiger charge is -2.16. The number of H-pyrrole nitrogens is 1. The van der Waals surface area contributed by atoms with Gasteiger partial charge in [0.15, 0.2) is 5.82 Å². The molecule has 0 atom stereocenters. The van der Waals surface area contributed by atoms with Gasteiger partial charge in [-0.15, -0.1) is 5.10 Å². The van der Waals surface area contributed by atoms with Crippen molar-refractivity contribution in [3.8, 4) is 11.4 Å². The van der Waals surface area contributed by atoms with E-state index in [0.29, 0.717) is 0 Å². The molecule has 3 rings (SSSR count). The van der Waals surface area contributed by atoms with Gasteiger partial charge in [-0.25, -0.2) is 0 Å². The first-order valence-electron chi connectivity index (χ1n) is 6.57. The first-order valence-corrected chi connectivity index (χ1v) is 8.15. The molecule has 5 nitrogen and oxygen atoms in total. The molecule has 1 saturated heterocycles. The Bertz CT molecular complexity index is 570. The third-order valence-corrected chi connectivity index (χ3v) is 4.15. The van der Waals surface area contributed by atoms with Gasteiger partial charge in [-0.1, -0.05) is 31.9 Å². The molecule has 0 spiro atoms. The predicted octanol–water partition coefficient (Wildman–Crippen LogP) is 2.80. The van der Waals surface area contributed by atoms with Gasteiger partial charge in [-0.3, -0.25) is 5.10 Å². The molecule has 1 fully saturated rings. The van der Waals surface area contributed by atoms with Crippen LogP contribution in [0.5, 0.6) is 0 Å². The van der Waals surface area contributed by atoms with Crippen LogP contribution >= 0.6 is 31.9 Å². The topological polar surface area (TPSA) is 56.8 Å². The molecule has 2 N–H and O–H groups in total. The van der Waals surface area contributed by atoms with Gasteiger partial charge in [-0.2, -0.15) is 4.98 Å². The number of anilines is 1.